The molecule has 7 nitrogen and oxygen atoms in total. The van der Waals surface area contributed by atoms with E-state index in [1.807, 2.05) is 66.9 Å². The minimum atomic E-state index is -0.848. The Balaban J connectivity index is 1.89. The van der Waals surface area contributed by atoms with E-state index in [0.717, 1.165) is 22.6 Å². The molecule has 1 heterocycles. The molecule has 3 rings (SSSR count). The first kappa shape index (κ1) is 19.6. The second kappa shape index (κ2) is 8.71. The zero-order valence-electron chi connectivity index (χ0n) is 15.7. The molecule has 0 aliphatic heterocycles. The number of aryl methyl sites for hydroxylation is 2. The molecular formula is C20H21N5O2S. The molecule has 0 fully saturated rings. The van der Waals surface area contributed by atoms with Gasteiger partial charge in [-0.25, -0.2) is 4.79 Å². The fraction of sp³-hybridized carbons (Fsp3) is 0.200. The standard InChI is InChI=1S/C20H21N5O2S/c1-13-3-7-15(8-4-13)18-23-24-20(28-12-11-17(26)22-19(21)27)25(18)16-9-5-14(2)6-10-16/h3-10H,11-12H2,1-2H3,(H3,21,22,26,27). The van der Waals surface area contributed by atoms with E-state index in [0.29, 0.717) is 10.9 Å². The van der Waals surface area contributed by atoms with Gasteiger partial charge in [-0.15, -0.1) is 10.2 Å². The summed E-state index contributed by atoms with van der Waals surface area (Å²) in [6.07, 6.45) is 0.147. The highest BCUT2D eigenvalue weighted by atomic mass is 32.2. The Kier molecular flexibility index (Phi) is 6.10. The van der Waals surface area contributed by atoms with Crippen LogP contribution in [0, 0.1) is 13.8 Å². The van der Waals surface area contributed by atoms with Gasteiger partial charge in [0.15, 0.2) is 11.0 Å². The van der Waals surface area contributed by atoms with Gasteiger partial charge in [-0.2, -0.15) is 0 Å². The summed E-state index contributed by atoms with van der Waals surface area (Å²) < 4.78 is 1.97. The molecule has 8 heteroatoms. The number of urea groups is 1. The molecule has 28 heavy (non-hydrogen) atoms. The largest absolute Gasteiger partial charge is 0.351 e. The molecule has 1 aromatic heterocycles. The molecule has 0 saturated heterocycles. The van der Waals surface area contributed by atoms with Gasteiger partial charge in [0.05, 0.1) is 0 Å². The quantitative estimate of drug-likeness (QED) is 0.624. The van der Waals surface area contributed by atoms with Crippen molar-refractivity contribution in [2.45, 2.75) is 25.4 Å². The lowest BCUT2D eigenvalue weighted by molar-refractivity contribution is -0.119. The number of nitrogens with one attached hydrogen (secondary N) is 1. The maximum atomic E-state index is 11.6. The highest BCUT2D eigenvalue weighted by molar-refractivity contribution is 7.99. The lowest BCUT2D eigenvalue weighted by Crippen LogP contribution is -2.35. The average molecular weight is 395 g/mol. The van der Waals surface area contributed by atoms with Crippen LogP contribution in [0.15, 0.2) is 53.7 Å². The summed E-state index contributed by atoms with van der Waals surface area (Å²) in [6, 6.07) is 15.3. The van der Waals surface area contributed by atoms with Crippen molar-refractivity contribution in [3.63, 3.8) is 0 Å². The lowest BCUT2D eigenvalue weighted by atomic mass is 10.1. The number of aromatic nitrogens is 3. The first-order valence-corrected chi connectivity index (χ1v) is 9.74. The SMILES string of the molecule is Cc1ccc(-c2nnc(SCCC(=O)NC(N)=O)n2-c2ccc(C)cc2)cc1. The summed E-state index contributed by atoms with van der Waals surface area (Å²) in [5.74, 6) is 0.755. The number of hydrogen-bond donors (Lipinski definition) is 2. The molecule has 3 amide bonds. The number of carbonyl (C=O) groups is 2. The van der Waals surface area contributed by atoms with E-state index in [2.05, 4.69) is 15.5 Å². The average Bonchev–Trinajstić information content (AvgIpc) is 3.06. The molecule has 2 aromatic carbocycles. The second-order valence-electron chi connectivity index (χ2n) is 6.35. The van der Waals surface area contributed by atoms with Crippen LogP contribution in [-0.4, -0.2) is 32.5 Å². The number of imide groups is 1. The lowest BCUT2D eigenvalue weighted by Gasteiger charge is -2.11. The van der Waals surface area contributed by atoms with Crippen LogP contribution in [0.5, 0.6) is 0 Å². The second-order valence-corrected chi connectivity index (χ2v) is 7.42. The molecule has 144 valence electrons. The number of thioether (sulfide) groups is 1. The summed E-state index contributed by atoms with van der Waals surface area (Å²) >= 11 is 1.40. The molecule has 0 unspecified atom stereocenters. The maximum Gasteiger partial charge on any atom is 0.318 e. The van der Waals surface area contributed by atoms with Crippen LogP contribution in [0.25, 0.3) is 17.1 Å². The van der Waals surface area contributed by atoms with Crippen molar-refractivity contribution in [3.05, 3.63) is 59.7 Å². The number of hydrogen-bond acceptors (Lipinski definition) is 5. The summed E-state index contributed by atoms with van der Waals surface area (Å²) in [4.78, 5) is 22.4. The number of benzene rings is 2. The monoisotopic (exact) mass is 395 g/mol. The summed E-state index contributed by atoms with van der Waals surface area (Å²) in [6.45, 7) is 4.07. The van der Waals surface area contributed by atoms with Crippen LogP contribution in [0.1, 0.15) is 17.5 Å². The molecule has 0 aliphatic carbocycles. The first-order chi connectivity index (χ1) is 13.4. The Labute approximate surface area is 167 Å². The molecule has 0 bridgehead atoms. The van der Waals surface area contributed by atoms with Gasteiger partial charge in [-0.05, 0) is 26.0 Å². The van der Waals surface area contributed by atoms with Gasteiger partial charge in [0, 0.05) is 23.4 Å². The highest BCUT2D eigenvalue weighted by Crippen LogP contribution is 2.28. The van der Waals surface area contributed by atoms with Gasteiger partial charge in [-0.1, -0.05) is 59.3 Å². The maximum absolute atomic E-state index is 11.6. The summed E-state index contributed by atoms with van der Waals surface area (Å²) in [5, 5.41) is 11.4. The fourth-order valence-electron chi connectivity index (χ4n) is 2.61. The minimum absolute atomic E-state index is 0.147. The van der Waals surface area contributed by atoms with Gasteiger partial charge in [0.1, 0.15) is 0 Å². The van der Waals surface area contributed by atoms with E-state index in [-0.39, 0.29) is 6.42 Å². The molecular weight excluding hydrogens is 374 g/mol. The van der Waals surface area contributed by atoms with Crippen molar-refractivity contribution in [1.82, 2.24) is 20.1 Å². The Morgan fingerprint density at radius 3 is 2.21 bits per heavy atom. The predicted molar refractivity (Wildman–Crippen MR) is 109 cm³/mol. The van der Waals surface area contributed by atoms with Crippen LogP contribution in [0.2, 0.25) is 0 Å². The van der Waals surface area contributed by atoms with Gasteiger partial charge >= 0.3 is 6.03 Å². The third kappa shape index (κ3) is 4.77. The van der Waals surface area contributed by atoms with Crippen LogP contribution in [0.4, 0.5) is 4.79 Å². The van der Waals surface area contributed by atoms with Crippen molar-refractivity contribution in [2.24, 2.45) is 5.73 Å². The number of primary amides is 1. The highest BCUT2D eigenvalue weighted by Gasteiger charge is 2.16. The number of nitrogens with two attached hydrogens (primary N) is 1. The minimum Gasteiger partial charge on any atom is -0.351 e. The van der Waals surface area contributed by atoms with E-state index in [1.54, 1.807) is 0 Å². The van der Waals surface area contributed by atoms with E-state index in [4.69, 9.17) is 5.73 Å². The van der Waals surface area contributed by atoms with Gasteiger partial charge in [-0.3, -0.25) is 14.7 Å². The molecule has 3 aromatic rings. The summed E-state index contributed by atoms with van der Waals surface area (Å²) in [7, 11) is 0. The van der Waals surface area contributed by atoms with Crippen molar-refractivity contribution >= 4 is 23.7 Å². The Bertz CT molecular complexity index is 981. The van der Waals surface area contributed by atoms with Crippen LogP contribution in [0.3, 0.4) is 0 Å². The van der Waals surface area contributed by atoms with Crippen molar-refractivity contribution in [1.29, 1.82) is 0 Å². The topological polar surface area (TPSA) is 103 Å². The normalized spacial score (nSPS) is 10.6. The van der Waals surface area contributed by atoms with Gasteiger partial charge in [0.25, 0.3) is 0 Å². The first-order valence-electron chi connectivity index (χ1n) is 8.75. The van der Waals surface area contributed by atoms with Crippen molar-refractivity contribution < 1.29 is 9.59 Å². The zero-order valence-corrected chi connectivity index (χ0v) is 16.5. The molecule has 0 saturated carbocycles. The van der Waals surface area contributed by atoms with Crippen LogP contribution < -0.4 is 11.1 Å². The van der Waals surface area contributed by atoms with Gasteiger partial charge in [0.2, 0.25) is 5.91 Å². The number of amides is 3. The van der Waals surface area contributed by atoms with Crippen molar-refractivity contribution in [2.75, 3.05) is 5.75 Å². The van der Waals surface area contributed by atoms with Crippen molar-refractivity contribution in [3.8, 4) is 17.1 Å². The Morgan fingerprint density at radius 2 is 1.61 bits per heavy atom. The molecule has 0 spiro atoms. The predicted octanol–water partition coefficient (Wildman–Crippen LogP) is 3.23. The Hall–Kier alpha value is -3.13. The number of rotatable bonds is 6. The van der Waals surface area contributed by atoms with E-state index in [9.17, 15) is 9.59 Å². The Morgan fingerprint density at radius 1 is 1.00 bits per heavy atom. The molecule has 3 N–H and O–H groups in total. The molecule has 0 aliphatic rings. The smallest absolute Gasteiger partial charge is 0.318 e. The van der Waals surface area contributed by atoms with E-state index in [1.165, 1.54) is 17.3 Å². The third-order valence-electron chi connectivity index (χ3n) is 4.06. The van der Waals surface area contributed by atoms with Gasteiger partial charge < -0.3 is 5.73 Å². The molecule has 0 radical (unpaired) electrons. The van der Waals surface area contributed by atoms with Crippen LogP contribution >= 0.6 is 11.8 Å². The van der Waals surface area contributed by atoms with E-state index < -0.39 is 11.9 Å². The van der Waals surface area contributed by atoms with E-state index >= 15 is 0 Å². The number of nitrogens with zero attached hydrogens (tertiary/aromatic N) is 3. The third-order valence-corrected chi connectivity index (χ3v) is 4.99. The fourth-order valence-corrected chi connectivity index (χ4v) is 3.50. The van der Waals surface area contributed by atoms with Crippen LogP contribution in [-0.2, 0) is 4.79 Å². The molecule has 0 atom stereocenters. The number of carbonyl (C=O) groups excluding carboxylic acids is 2. The zero-order chi connectivity index (χ0) is 20.1. The summed E-state index contributed by atoms with van der Waals surface area (Å²) in [5.41, 5.74) is 9.18.